The second-order valence-corrected chi connectivity index (χ2v) is 5.46. The second-order valence-electron chi connectivity index (χ2n) is 5.03. The lowest BCUT2D eigenvalue weighted by Gasteiger charge is -2.05. The van der Waals surface area contributed by atoms with E-state index >= 15 is 0 Å². The minimum absolute atomic E-state index is 0.801. The maximum atomic E-state index is 5.66. The normalized spacial score (nSPS) is 9.04. The largest absolute Gasteiger partial charge is 0.457 e. The highest BCUT2D eigenvalue weighted by Crippen LogP contribution is 2.21. The SMILES string of the molecule is CC.Cc1ccc(Cl)cc1.Cc1cccc(Oc2ccccc2)c1. The summed E-state index contributed by atoms with van der Waals surface area (Å²) in [6, 6.07) is 25.6. The van der Waals surface area contributed by atoms with Gasteiger partial charge in [0.2, 0.25) is 0 Å². The second kappa shape index (κ2) is 11.3. The monoisotopic (exact) mass is 340 g/mol. The van der Waals surface area contributed by atoms with Gasteiger partial charge in [0.05, 0.1) is 0 Å². The molecule has 3 aromatic rings. The van der Waals surface area contributed by atoms with Gasteiger partial charge in [0.1, 0.15) is 11.5 Å². The molecule has 0 fully saturated rings. The zero-order valence-electron chi connectivity index (χ0n) is 14.8. The number of hydrogen-bond donors (Lipinski definition) is 0. The number of para-hydroxylation sites is 1. The highest BCUT2D eigenvalue weighted by molar-refractivity contribution is 6.30. The minimum atomic E-state index is 0.801. The summed E-state index contributed by atoms with van der Waals surface area (Å²) in [4.78, 5) is 0. The molecule has 0 aromatic heterocycles. The van der Waals surface area contributed by atoms with Crippen molar-refractivity contribution in [3.8, 4) is 11.5 Å². The number of rotatable bonds is 2. The van der Waals surface area contributed by atoms with Crippen LogP contribution in [0.15, 0.2) is 78.9 Å². The maximum absolute atomic E-state index is 5.66. The van der Waals surface area contributed by atoms with E-state index in [0.29, 0.717) is 0 Å². The minimum Gasteiger partial charge on any atom is -0.457 e. The van der Waals surface area contributed by atoms with Gasteiger partial charge in [-0.3, -0.25) is 0 Å². The van der Waals surface area contributed by atoms with Gasteiger partial charge in [-0.05, 0) is 55.8 Å². The number of ether oxygens (including phenoxy) is 1. The van der Waals surface area contributed by atoms with Gasteiger partial charge >= 0.3 is 0 Å². The Labute approximate surface area is 150 Å². The number of benzene rings is 3. The summed E-state index contributed by atoms with van der Waals surface area (Å²) in [5, 5.41) is 0.801. The average molecular weight is 341 g/mol. The molecule has 24 heavy (non-hydrogen) atoms. The van der Waals surface area contributed by atoms with Crippen molar-refractivity contribution in [3.05, 3.63) is 95.0 Å². The Morgan fingerprint density at radius 3 is 1.75 bits per heavy atom. The molecule has 2 heteroatoms. The summed E-state index contributed by atoms with van der Waals surface area (Å²) in [5.41, 5.74) is 2.45. The van der Waals surface area contributed by atoms with Crippen molar-refractivity contribution in [1.82, 2.24) is 0 Å². The molecule has 0 unspecified atom stereocenters. The Balaban J connectivity index is 0.000000245. The Bertz CT molecular complexity index is 670. The van der Waals surface area contributed by atoms with Crippen molar-refractivity contribution in [1.29, 1.82) is 0 Å². The summed E-state index contributed by atoms with van der Waals surface area (Å²) in [6.07, 6.45) is 0. The molecule has 0 N–H and O–H groups in total. The average Bonchev–Trinajstić information content (AvgIpc) is 2.61. The molecule has 0 saturated carbocycles. The predicted molar refractivity (Wildman–Crippen MR) is 105 cm³/mol. The molecule has 3 aromatic carbocycles. The highest BCUT2D eigenvalue weighted by Gasteiger charge is 1.95. The summed E-state index contributed by atoms with van der Waals surface area (Å²) in [6.45, 7) is 8.09. The van der Waals surface area contributed by atoms with E-state index in [1.165, 1.54) is 11.1 Å². The predicted octanol–water partition coefficient (Wildman–Crippen LogP) is 7.46. The van der Waals surface area contributed by atoms with Gasteiger partial charge in [0.25, 0.3) is 0 Å². The first kappa shape index (κ1) is 19.8. The first-order valence-corrected chi connectivity index (χ1v) is 8.53. The van der Waals surface area contributed by atoms with E-state index in [-0.39, 0.29) is 0 Å². The zero-order chi connectivity index (χ0) is 17.8. The summed E-state index contributed by atoms with van der Waals surface area (Å²) in [5.74, 6) is 1.76. The van der Waals surface area contributed by atoms with Gasteiger partial charge in [-0.25, -0.2) is 0 Å². The quantitative estimate of drug-likeness (QED) is 0.470. The lowest BCUT2D eigenvalue weighted by molar-refractivity contribution is 0.482. The van der Waals surface area contributed by atoms with Crippen LogP contribution < -0.4 is 4.74 Å². The van der Waals surface area contributed by atoms with Gasteiger partial charge < -0.3 is 4.74 Å². The Morgan fingerprint density at radius 2 is 1.21 bits per heavy atom. The van der Waals surface area contributed by atoms with Crippen LogP contribution in [0.1, 0.15) is 25.0 Å². The molecular formula is C22H25ClO. The number of aryl methyl sites for hydroxylation is 2. The third-order valence-electron chi connectivity index (χ3n) is 2.98. The molecule has 0 heterocycles. The van der Waals surface area contributed by atoms with Crippen molar-refractivity contribution >= 4 is 11.6 Å². The van der Waals surface area contributed by atoms with Crippen LogP contribution in [-0.4, -0.2) is 0 Å². The number of hydrogen-bond acceptors (Lipinski definition) is 1. The Hall–Kier alpha value is -2.25. The summed E-state index contributed by atoms with van der Waals surface area (Å²) in [7, 11) is 0. The standard InChI is InChI=1S/C13H12O.C7H7Cl.C2H6/c1-11-6-5-9-13(10-11)14-12-7-3-2-4-8-12;1-6-2-4-7(8)5-3-6;1-2/h2-10H,1H3;2-5H,1H3;1-2H3. The van der Waals surface area contributed by atoms with Crippen LogP contribution in [0.3, 0.4) is 0 Å². The van der Waals surface area contributed by atoms with Gasteiger partial charge in [0, 0.05) is 5.02 Å². The van der Waals surface area contributed by atoms with Gasteiger partial charge in [0.15, 0.2) is 0 Å². The molecule has 126 valence electrons. The first-order chi connectivity index (χ1) is 11.6. The molecule has 0 aliphatic carbocycles. The third kappa shape index (κ3) is 7.85. The van der Waals surface area contributed by atoms with E-state index in [4.69, 9.17) is 16.3 Å². The lowest BCUT2D eigenvalue weighted by Crippen LogP contribution is -1.83. The smallest absolute Gasteiger partial charge is 0.127 e. The third-order valence-corrected chi connectivity index (χ3v) is 3.23. The first-order valence-electron chi connectivity index (χ1n) is 8.15. The van der Waals surface area contributed by atoms with Crippen LogP contribution in [0.4, 0.5) is 0 Å². The molecule has 0 atom stereocenters. The molecule has 0 aliphatic heterocycles. The van der Waals surface area contributed by atoms with Crippen LogP contribution in [-0.2, 0) is 0 Å². The zero-order valence-corrected chi connectivity index (χ0v) is 15.5. The molecule has 0 radical (unpaired) electrons. The molecule has 0 spiro atoms. The molecule has 1 nitrogen and oxygen atoms in total. The van der Waals surface area contributed by atoms with Crippen LogP contribution in [0, 0.1) is 13.8 Å². The van der Waals surface area contributed by atoms with Crippen LogP contribution >= 0.6 is 11.6 Å². The fourth-order valence-electron chi connectivity index (χ4n) is 1.84. The van der Waals surface area contributed by atoms with E-state index in [9.17, 15) is 0 Å². The lowest BCUT2D eigenvalue weighted by atomic mass is 10.2. The molecule has 0 bridgehead atoms. The molecule has 0 saturated heterocycles. The van der Waals surface area contributed by atoms with E-state index < -0.39 is 0 Å². The van der Waals surface area contributed by atoms with Crippen LogP contribution in [0.5, 0.6) is 11.5 Å². The molecule has 0 amide bonds. The Kier molecular flexibility index (Phi) is 9.33. The van der Waals surface area contributed by atoms with Crippen molar-refractivity contribution in [2.24, 2.45) is 0 Å². The van der Waals surface area contributed by atoms with Crippen molar-refractivity contribution in [3.63, 3.8) is 0 Å². The fraction of sp³-hybridized carbons (Fsp3) is 0.182. The van der Waals surface area contributed by atoms with Crippen LogP contribution in [0.2, 0.25) is 5.02 Å². The van der Waals surface area contributed by atoms with E-state index in [1.807, 2.05) is 93.6 Å². The fourth-order valence-corrected chi connectivity index (χ4v) is 1.96. The van der Waals surface area contributed by atoms with Crippen molar-refractivity contribution in [2.75, 3.05) is 0 Å². The van der Waals surface area contributed by atoms with E-state index in [0.717, 1.165) is 16.5 Å². The summed E-state index contributed by atoms with van der Waals surface area (Å²) >= 11 is 5.61. The van der Waals surface area contributed by atoms with E-state index in [2.05, 4.69) is 13.0 Å². The highest BCUT2D eigenvalue weighted by atomic mass is 35.5. The van der Waals surface area contributed by atoms with Gasteiger partial charge in [-0.2, -0.15) is 0 Å². The maximum Gasteiger partial charge on any atom is 0.127 e. The van der Waals surface area contributed by atoms with Crippen LogP contribution in [0.25, 0.3) is 0 Å². The van der Waals surface area contributed by atoms with Crippen molar-refractivity contribution < 1.29 is 4.74 Å². The molecule has 0 aliphatic rings. The topological polar surface area (TPSA) is 9.23 Å². The van der Waals surface area contributed by atoms with Crippen molar-refractivity contribution in [2.45, 2.75) is 27.7 Å². The summed E-state index contributed by atoms with van der Waals surface area (Å²) < 4.78 is 5.66. The molecular weight excluding hydrogens is 316 g/mol. The molecule has 3 rings (SSSR count). The van der Waals surface area contributed by atoms with E-state index in [1.54, 1.807) is 0 Å². The number of halogens is 1. The Morgan fingerprint density at radius 1 is 0.625 bits per heavy atom. The van der Waals surface area contributed by atoms with Gasteiger partial charge in [-0.15, -0.1) is 0 Å². The van der Waals surface area contributed by atoms with Gasteiger partial charge in [-0.1, -0.05) is 73.5 Å².